The summed E-state index contributed by atoms with van der Waals surface area (Å²) < 4.78 is 5.22. The molecule has 17 heavy (non-hydrogen) atoms. The Morgan fingerprint density at radius 3 is 2.88 bits per heavy atom. The molecule has 1 unspecified atom stereocenters. The highest BCUT2D eigenvalue weighted by atomic mass is 16.5. The number of rotatable bonds is 2. The van der Waals surface area contributed by atoms with Crippen molar-refractivity contribution in [1.82, 2.24) is 25.4 Å². The fraction of sp³-hybridized carbons (Fsp3) is 0.455. The van der Waals surface area contributed by atoms with Crippen LogP contribution in [0.25, 0.3) is 11.5 Å². The van der Waals surface area contributed by atoms with Crippen LogP contribution in [0.3, 0.4) is 0 Å². The van der Waals surface area contributed by atoms with Crippen LogP contribution in [0.5, 0.6) is 0 Å². The Bertz CT molecular complexity index is 478. The molecule has 6 nitrogen and oxygen atoms in total. The number of hydrogen-bond acceptors (Lipinski definition) is 6. The van der Waals surface area contributed by atoms with Gasteiger partial charge in [0.05, 0.1) is 11.6 Å². The molecular formula is C11H13N5O. The van der Waals surface area contributed by atoms with Crippen molar-refractivity contribution in [3.05, 3.63) is 24.5 Å². The van der Waals surface area contributed by atoms with Gasteiger partial charge in [0.2, 0.25) is 0 Å². The molecule has 2 aromatic heterocycles. The standard InChI is InChI=1S/C11H13N5O/c1-2-4-14-9(3-1)10-15-11(17-16-10)8-5-12-7-13-6-8/h5-7,9,14H,1-4H2. The Hall–Kier alpha value is -1.82. The molecule has 1 aliphatic heterocycles. The largest absolute Gasteiger partial charge is 0.334 e. The minimum atomic E-state index is 0.214. The third-order valence-electron chi connectivity index (χ3n) is 2.87. The van der Waals surface area contributed by atoms with E-state index < -0.39 is 0 Å². The molecule has 3 heterocycles. The Kier molecular flexibility index (Phi) is 2.79. The predicted molar refractivity (Wildman–Crippen MR) is 59.9 cm³/mol. The van der Waals surface area contributed by atoms with Crippen LogP contribution >= 0.6 is 0 Å². The van der Waals surface area contributed by atoms with Crippen LogP contribution in [0.4, 0.5) is 0 Å². The first-order chi connectivity index (χ1) is 8.43. The van der Waals surface area contributed by atoms with Crippen molar-refractivity contribution in [3.8, 4) is 11.5 Å². The number of piperidine rings is 1. The van der Waals surface area contributed by atoms with Crippen molar-refractivity contribution in [1.29, 1.82) is 0 Å². The van der Waals surface area contributed by atoms with Gasteiger partial charge < -0.3 is 9.84 Å². The summed E-state index contributed by atoms with van der Waals surface area (Å²) in [5, 5.41) is 7.40. The molecule has 1 N–H and O–H groups in total. The van der Waals surface area contributed by atoms with Gasteiger partial charge in [-0.25, -0.2) is 9.97 Å². The zero-order valence-electron chi connectivity index (χ0n) is 9.33. The summed E-state index contributed by atoms with van der Waals surface area (Å²) in [4.78, 5) is 12.2. The fourth-order valence-electron chi connectivity index (χ4n) is 1.98. The van der Waals surface area contributed by atoms with E-state index in [2.05, 4.69) is 25.4 Å². The zero-order chi connectivity index (χ0) is 11.5. The second-order valence-electron chi connectivity index (χ2n) is 4.09. The molecule has 6 heteroatoms. The van der Waals surface area contributed by atoms with Gasteiger partial charge in [-0.05, 0) is 19.4 Å². The lowest BCUT2D eigenvalue weighted by atomic mass is 10.0. The highest BCUT2D eigenvalue weighted by molar-refractivity contribution is 5.48. The number of nitrogens with zero attached hydrogens (tertiary/aromatic N) is 4. The average Bonchev–Trinajstić information content (AvgIpc) is 2.90. The molecule has 0 bridgehead atoms. The lowest BCUT2D eigenvalue weighted by molar-refractivity contribution is 0.367. The highest BCUT2D eigenvalue weighted by Gasteiger charge is 2.20. The van der Waals surface area contributed by atoms with E-state index in [1.165, 1.54) is 19.2 Å². The normalized spacial score (nSPS) is 20.4. The third-order valence-corrected chi connectivity index (χ3v) is 2.87. The summed E-state index contributed by atoms with van der Waals surface area (Å²) in [6.45, 7) is 1.02. The van der Waals surface area contributed by atoms with Gasteiger partial charge in [-0.3, -0.25) is 0 Å². The van der Waals surface area contributed by atoms with Gasteiger partial charge in [-0.1, -0.05) is 11.6 Å². The summed E-state index contributed by atoms with van der Waals surface area (Å²) in [7, 11) is 0. The Labute approximate surface area is 98.5 Å². The van der Waals surface area contributed by atoms with Crippen molar-refractivity contribution in [2.75, 3.05) is 6.54 Å². The monoisotopic (exact) mass is 231 g/mol. The van der Waals surface area contributed by atoms with Gasteiger partial charge >= 0.3 is 0 Å². The summed E-state index contributed by atoms with van der Waals surface area (Å²) in [6.07, 6.45) is 8.29. The van der Waals surface area contributed by atoms with Crippen molar-refractivity contribution in [2.45, 2.75) is 25.3 Å². The topological polar surface area (TPSA) is 76.7 Å². The number of hydrogen-bond donors (Lipinski definition) is 1. The zero-order valence-corrected chi connectivity index (χ0v) is 9.33. The van der Waals surface area contributed by atoms with Gasteiger partial charge in [-0.2, -0.15) is 4.98 Å². The van der Waals surface area contributed by atoms with Crippen molar-refractivity contribution >= 4 is 0 Å². The van der Waals surface area contributed by atoms with Gasteiger partial charge in [0.15, 0.2) is 5.82 Å². The molecule has 0 radical (unpaired) electrons. The quantitative estimate of drug-likeness (QED) is 0.840. The van der Waals surface area contributed by atoms with Gasteiger partial charge in [0, 0.05) is 12.4 Å². The molecule has 3 rings (SSSR count). The molecule has 1 aliphatic rings. The van der Waals surface area contributed by atoms with Crippen LogP contribution in [0, 0.1) is 0 Å². The van der Waals surface area contributed by atoms with Crippen LogP contribution in [0.1, 0.15) is 31.1 Å². The average molecular weight is 231 g/mol. The molecule has 88 valence electrons. The van der Waals surface area contributed by atoms with E-state index in [9.17, 15) is 0 Å². The molecular weight excluding hydrogens is 218 g/mol. The number of aromatic nitrogens is 4. The molecule has 0 spiro atoms. The molecule has 0 aliphatic carbocycles. The van der Waals surface area contributed by atoms with E-state index in [0.29, 0.717) is 5.89 Å². The first-order valence-corrected chi connectivity index (χ1v) is 5.76. The fourth-order valence-corrected chi connectivity index (χ4v) is 1.98. The van der Waals surface area contributed by atoms with E-state index in [1.807, 2.05) is 0 Å². The van der Waals surface area contributed by atoms with Crippen molar-refractivity contribution < 1.29 is 4.52 Å². The minimum Gasteiger partial charge on any atom is -0.334 e. The SMILES string of the molecule is c1ncc(-c2nc(C3CCCCN3)no2)cn1. The van der Waals surface area contributed by atoms with Crippen molar-refractivity contribution in [3.63, 3.8) is 0 Å². The van der Waals surface area contributed by atoms with Crippen LogP contribution < -0.4 is 5.32 Å². The van der Waals surface area contributed by atoms with E-state index in [-0.39, 0.29) is 6.04 Å². The second kappa shape index (κ2) is 4.58. The molecule has 1 fully saturated rings. The Balaban J connectivity index is 1.83. The summed E-state index contributed by atoms with van der Waals surface area (Å²) in [5.74, 6) is 1.21. The molecule has 2 aromatic rings. The summed E-state index contributed by atoms with van der Waals surface area (Å²) in [5.41, 5.74) is 0.752. The van der Waals surface area contributed by atoms with Crippen LogP contribution in [-0.4, -0.2) is 26.7 Å². The molecule has 1 atom stereocenters. The maximum atomic E-state index is 5.22. The smallest absolute Gasteiger partial charge is 0.261 e. The van der Waals surface area contributed by atoms with E-state index >= 15 is 0 Å². The van der Waals surface area contributed by atoms with Crippen LogP contribution in [0.2, 0.25) is 0 Å². The molecule has 0 saturated carbocycles. The van der Waals surface area contributed by atoms with E-state index in [0.717, 1.165) is 24.4 Å². The molecule has 1 saturated heterocycles. The van der Waals surface area contributed by atoms with Crippen molar-refractivity contribution in [2.24, 2.45) is 0 Å². The first kappa shape index (κ1) is 10.3. The van der Waals surface area contributed by atoms with E-state index in [4.69, 9.17) is 4.52 Å². The molecule has 0 aromatic carbocycles. The maximum absolute atomic E-state index is 5.22. The van der Waals surface area contributed by atoms with Crippen LogP contribution in [-0.2, 0) is 0 Å². The number of nitrogens with one attached hydrogen (secondary N) is 1. The highest BCUT2D eigenvalue weighted by Crippen LogP contribution is 2.23. The summed E-state index contributed by atoms with van der Waals surface area (Å²) in [6, 6.07) is 0.214. The Morgan fingerprint density at radius 1 is 1.24 bits per heavy atom. The third kappa shape index (κ3) is 2.16. The second-order valence-corrected chi connectivity index (χ2v) is 4.09. The first-order valence-electron chi connectivity index (χ1n) is 5.76. The predicted octanol–water partition coefficient (Wildman–Crippen LogP) is 1.34. The lowest BCUT2D eigenvalue weighted by Crippen LogP contribution is -2.27. The van der Waals surface area contributed by atoms with Gasteiger partial charge in [0.1, 0.15) is 6.33 Å². The Morgan fingerprint density at radius 2 is 2.12 bits per heavy atom. The summed E-state index contributed by atoms with van der Waals surface area (Å²) >= 11 is 0. The lowest BCUT2D eigenvalue weighted by Gasteiger charge is -2.19. The van der Waals surface area contributed by atoms with Crippen LogP contribution in [0.15, 0.2) is 23.2 Å². The van der Waals surface area contributed by atoms with Gasteiger partial charge in [-0.15, -0.1) is 0 Å². The maximum Gasteiger partial charge on any atom is 0.261 e. The minimum absolute atomic E-state index is 0.214. The van der Waals surface area contributed by atoms with E-state index in [1.54, 1.807) is 12.4 Å². The van der Waals surface area contributed by atoms with Gasteiger partial charge in [0.25, 0.3) is 5.89 Å². The molecule has 0 amide bonds.